The third kappa shape index (κ3) is 2.53. The largest absolute Gasteiger partial charge is 0.479 e. The highest BCUT2D eigenvalue weighted by molar-refractivity contribution is 7.09. The van der Waals surface area contributed by atoms with Crippen LogP contribution in [0.4, 0.5) is 0 Å². The molecular formula is C12H18N6O2S. The number of nitrogens with zero attached hydrogens (tertiary/aromatic N) is 6. The van der Waals surface area contributed by atoms with Gasteiger partial charge in [-0.3, -0.25) is 0 Å². The van der Waals surface area contributed by atoms with Crippen LogP contribution in [0.2, 0.25) is 0 Å². The molecule has 0 aromatic carbocycles. The molecule has 0 aliphatic heterocycles. The number of aliphatic carboxylic acids is 1. The number of carboxylic acid groups (broad SMARTS) is 1. The van der Waals surface area contributed by atoms with E-state index in [4.69, 9.17) is 0 Å². The second-order valence-corrected chi connectivity index (χ2v) is 6.80. The van der Waals surface area contributed by atoms with Crippen molar-refractivity contribution in [3.63, 3.8) is 0 Å². The SMILES string of the molecule is CCC(C)(C(=O)O)n1nnnc1-c1snnc1C(C)(C)C. The monoisotopic (exact) mass is 310 g/mol. The maximum Gasteiger partial charge on any atom is 0.331 e. The number of rotatable bonds is 4. The van der Waals surface area contributed by atoms with Gasteiger partial charge >= 0.3 is 5.97 Å². The maximum absolute atomic E-state index is 11.6. The van der Waals surface area contributed by atoms with E-state index >= 15 is 0 Å². The number of carboxylic acids is 1. The van der Waals surface area contributed by atoms with Gasteiger partial charge < -0.3 is 5.11 Å². The van der Waals surface area contributed by atoms with Gasteiger partial charge in [0.1, 0.15) is 4.88 Å². The summed E-state index contributed by atoms with van der Waals surface area (Å²) >= 11 is 1.17. The van der Waals surface area contributed by atoms with Crippen molar-refractivity contribution in [1.29, 1.82) is 0 Å². The smallest absolute Gasteiger partial charge is 0.331 e. The first-order valence-corrected chi connectivity index (χ1v) is 7.34. The van der Waals surface area contributed by atoms with E-state index in [2.05, 4.69) is 25.1 Å². The molecule has 2 heterocycles. The molecule has 2 aromatic rings. The fraction of sp³-hybridized carbons (Fsp3) is 0.667. The Labute approximate surface area is 126 Å². The van der Waals surface area contributed by atoms with E-state index in [9.17, 15) is 9.90 Å². The third-order valence-corrected chi connectivity index (χ3v) is 4.21. The van der Waals surface area contributed by atoms with Crippen molar-refractivity contribution in [3.05, 3.63) is 5.69 Å². The molecule has 21 heavy (non-hydrogen) atoms. The number of hydrogen-bond donors (Lipinski definition) is 1. The van der Waals surface area contributed by atoms with Crippen molar-refractivity contribution in [2.75, 3.05) is 0 Å². The summed E-state index contributed by atoms with van der Waals surface area (Å²) in [5.41, 5.74) is -0.685. The first-order valence-electron chi connectivity index (χ1n) is 6.57. The zero-order chi connectivity index (χ0) is 15.8. The molecule has 0 amide bonds. The first-order chi connectivity index (χ1) is 9.71. The lowest BCUT2D eigenvalue weighted by molar-refractivity contribution is -0.147. The Morgan fingerprint density at radius 3 is 2.48 bits per heavy atom. The van der Waals surface area contributed by atoms with Crippen LogP contribution in [0.5, 0.6) is 0 Å². The van der Waals surface area contributed by atoms with Gasteiger partial charge in [-0.2, -0.15) is 0 Å². The molecular weight excluding hydrogens is 292 g/mol. The van der Waals surface area contributed by atoms with Crippen LogP contribution in [-0.4, -0.2) is 40.9 Å². The molecule has 0 saturated heterocycles. The standard InChI is InChI=1S/C12H18N6O2S/c1-6-12(5,10(19)20)18-9(14-15-16-18)7-8(11(2,3)4)13-17-21-7/h6H2,1-5H3,(H,19,20). The van der Waals surface area contributed by atoms with E-state index in [1.165, 1.54) is 16.2 Å². The normalized spacial score (nSPS) is 14.9. The number of hydrogen-bond acceptors (Lipinski definition) is 7. The zero-order valence-electron chi connectivity index (χ0n) is 12.7. The lowest BCUT2D eigenvalue weighted by Gasteiger charge is -2.24. The average molecular weight is 310 g/mol. The first kappa shape index (κ1) is 15.5. The molecule has 0 saturated carbocycles. The van der Waals surface area contributed by atoms with Crippen LogP contribution in [0.3, 0.4) is 0 Å². The Kier molecular flexibility index (Phi) is 3.79. The second-order valence-electron chi connectivity index (χ2n) is 6.05. The van der Waals surface area contributed by atoms with Gasteiger partial charge in [0.05, 0.1) is 5.69 Å². The van der Waals surface area contributed by atoms with E-state index in [1.807, 2.05) is 20.8 Å². The van der Waals surface area contributed by atoms with Gasteiger partial charge in [-0.15, -0.1) is 10.2 Å². The van der Waals surface area contributed by atoms with Gasteiger partial charge in [-0.1, -0.05) is 32.2 Å². The molecule has 0 spiro atoms. The summed E-state index contributed by atoms with van der Waals surface area (Å²) in [4.78, 5) is 12.3. The van der Waals surface area contributed by atoms with E-state index in [0.717, 1.165) is 5.69 Å². The predicted octanol–water partition coefficient (Wildman–Crippen LogP) is 1.70. The van der Waals surface area contributed by atoms with Gasteiger partial charge in [-0.25, -0.2) is 9.48 Å². The minimum absolute atomic E-state index is 0.231. The summed E-state index contributed by atoms with van der Waals surface area (Å²) < 4.78 is 5.32. The van der Waals surface area contributed by atoms with Crippen LogP contribution in [0.15, 0.2) is 0 Å². The second kappa shape index (κ2) is 5.14. The van der Waals surface area contributed by atoms with Gasteiger partial charge in [0.25, 0.3) is 0 Å². The Bertz CT molecular complexity index is 659. The highest BCUT2D eigenvalue weighted by Crippen LogP contribution is 2.34. The highest BCUT2D eigenvalue weighted by Gasteiger charge is 2.39. The zero-order valence-corrected chi connectivity index (χ0v) is 13.5. The minimum Gasteiger partial charge on any atom is -0.479 e. The van der Waals surface area contributed by atoms with Crippen LogP contribution in [-0.2, 0) is 15.7 Å². The summed E-state index contributed by atoms with van der Waals surface area (Å²) in [6.07, 6.45) is 0.359. The van der Waals surface area contributed by atoms with Crippen molar-refractivity contribution in [1.82, 2.24) is 29.8 Å². The fourth-order valence-electron chi connectivity index (χ4n) is 1.88. The van der Waals surface area contributed by atoms with E-state index in [1.54, 1.807) is 13.8 Å². The van der Waals surface area contributed by atoms with Crippen LogP contribution in [0.1, 0.15) is 46.7 Å². The fourth-order valence-corrected chi connectivity index (χ4v) is 2.73. The number of tetrazole rings is 1. The summed E-state index contributed by atoms with van der Waals surface area (Å²) in [6.45, 7) is 9.42. The molecule has 114 valence electrons. The van der Waals surface area contributed by atoms with E-state index in [0.29, 0.717) is 17.1 Å². The average Bonchev–Trinajstić information content (AvgIpc) is 3.04. The van der Waals surface area contributed by atoms with Gasteiger partial charge in [0.15, 0.2) is 11.4 Å². The Hall–Kier alpha value is -1.90. The summed E-state index contributed by atoms with van der Waals surface area (Å²) in [5.74, 6) is -0.588. The van der Waals surface area contributed by atoms with Gasteiger partial charge in [-0.05, 0) is 35.3 Å². The summed E-state index contributed by atoms with van der Waals surface area (Å²) in [6, 6.07) is 0. The number of aromatic nitrogens is 6. The number of carbonyl (C=O) groups is 1. The lowest BCUT2D eigenvalue weighted by atomic mass is 9.91. The topological polar surface area (TPSA) is 107 Å². The van der Waals surface area contributed by atoms with Crippen molar-refractivity contribution < 1.29 is 9.90 Å². The molecule has 1 N–H and O–H groups in total. The summed E-state index contributed by atoms with van der Waals surface area (Å²) in [5, 5.41) is 25.2. The van der Waals surface area contributed by atoms with Crippen LogP contribution in [0.25, 0.3) is 10.7 Å². The van der Waals surface area contributed by atoms with Crippen molar-refractivity contribution in [2.45, 2.75) is 52.0 Å². The molecule has 9 heteroatoms. The molecule has 0 aliphatic rings. The Balaban J connectivity index is 2.62. The molecule has 0 radical (unpaired) electrons. The molecule has 1 atom stereocenters. The molecule has 1 unspecified atom stereocenters. The van der Waals surface area contributed by atoms with Crippen molar-refractivity contribution in [3.8, 4) is 10.7 Å². The minimum atomic E-state index is -1.21. The van der Waals surface area contributed by atoms with Crippen molar-refractivity contribution in [2.24, 2.45) is 0 Å². The molecule has 0 bridgehead atoms. The molecule has 0 aliphatic carbocycles. The quantitative estimate of drug-likeness (QED) is 0.915. The molecule has 2 aromatic heterocycles. The highest BCUT2D eigenvalue weighted by atomic mass is 32.1. The van der Waals surface area contributed by atoms with Gasteiger partial charge in [0.2, 0.25) is 0 Å². The van der Waals surface area contributed by atoms with E-state index < -0.39 is 11.5 Å². The Morgan fingerprint density at radius 1 is 1.29 bits per heavy atom. The van der Waals surface area contributed by atoms with Gasteiger partial charge in [0, 0.05) is 5.41 Å². The predicted molar refractivity (Wildman–Crippen MR) is 77.0 cm³/mol. The Morgan fingerprint density at radius 2 is 1.95 bits per heavy atom. The van der Waals surface area contributed by atoms with E-state index in [-0.39, 0.29) is 5.41 Å². The van der Waals surface area contributed by atoms with Crippen LogP contribution >= 0.6 is 11.5 Å². The maximum atomic E-state index is 11.6. The molecule has 2 rings (SSSR count). The molecule has 8 nitrogen and oxygen atoms in total. The van der Waals surface area contributed by atoms with Crippen molar-refractivity contribution >= 4 is 17.5 Å². The summed E-state index contributed by atoms with van der Waals surface area (Å²) in [7, 11) is 0. The molecule has 0 fully saturated rings. The van der Waals surface area contributed by atoms with Crippen LogP contribution < -0.4 is 0 Å². The lowest BCUT2D eigenvalue weighted by Crippen LogP contribution is -2.39. The van der Waals surface area contributed by atoms with Crippen LogP contribution in [0, 0.1) is 0 Å². The third-order valence-electron chi connectivity index (χ3n) is 3.49.